The van der Waals surface area contributed by atoms with E-state index in [1.54, 1.807) is 0 Å². The molecule has 0 unspecified atom stereocenters. The van der Waals surface area contributed by atoms with Crippen molar-refractivity contribution in [2.24, 2.45) is 0 Å². The quantitative estimate of drug-likeness (QED) is 0.578. The van der Waals surface area contributed by atoms with E-state index >= 15 is 0 Å². The molecule has 2 aromatic heterocycles. The molecule has 76 valence electrons. The molecule has 1 N–H and O–H groups in total. The molecule has 4 nitrogen and oxygen atoms in total. The van der Waals surface area contributed by atoms with Crippen LogP contribution in [-0.4, -0.2) is 11.8 Å². The number of hydrogen-bond donors (Lipinski definition) is 1. The van der Waals surface area contributed by atoms with Crippen molar-refractivity contribution in [3.63, 3.8) is 0 Å². The van der Waals surface area contributed by atoms with Crippen LogP contribution in [0, 0.1) is 0 Å². The van der Waals surface area contributed by atoms with Gasteiger partial charge in [-0.2, -0.15) is 0 Å². The van der Waals surface area contributed by atoms with E-state index in [9.17, 15) is 9.59 Å². The first-order valence-corrected chi connectivity index (χ1v) is 4.89. The van der Waals surface area contributed by atoms with E-state index in [0.29, 0.717) is 22.3 Å². The highest BCUT2D eigenvalue weighted by Gasteiger charge is 2.37. The van der Waals surface area contributed by atoms with Crippen molar-refractivity contribution in [2.45, 2.75) is 0 Å². The van der Waals surface area contributed by atoms with Gasteiger partial charge in [0, 0.05) is 10.8 Å². The van der Waals surface area contributed by atoms with Gasteiger partial charge in [-0.05, 0) is 0 Å². The third-order valence-electron chi connectivity index (χ3n) is 3.01. The molecule has 0 fully saturated rings. The predicted molar refractivity (Wildman–Crippen MR) is 56.7 cm³/mol. The molecule has 3 aromatic rings. The molecule has 4 rings (SSSR count). The number of carbonyl (C=O) groups is 2. The largest absolute Gasteiger partial charge is 0.454 e. The van der Waals surface area contributed by atoms with Crippen molar-refractivity contribution in [3.05, 3.63) is 35.4 Å². The van der Waals surface area contributed by atoms with E-state index in [-0.39, 0.29) is 11.8 Å². The summed E-state index contributed by atoms with van der Waals surface area (Å²) in [7, 11) is 0. The number of furan rings is 2. The minimum Gasteiger partial charge on any atom is -0.454 e. The van der Waals surface area contributed by atoms with Crippen molar-refractivity contribution in [3.8, 4) is 0 Å². The molecule has 0 radical (unpaired) electrons. The summed E-state index contributed by atoms with van der Waals surface area (Å²) in [6.07, 6.45) is 0. The molecule has 3 heterocycles. The molecule has 1 aliphatic heterocycles. The van der Waals surface area contributed by atoms with Crippen LogP contribution in [-0.2, 0) is 0 Å². The maximum absolute atomic E-state index is 11.6. The number of fused-ring (bicyclic) bond motifs is 8. The van der Waals surface area contributed by atoms with Gasteiger partial charge in [0.05, 0.1) is 11.1 Å². The van der Waals surface area contributed by atoms with E-state index < -0.39 is 0 Å². The molecule has 0 saturated heterocycles. The standard InChI is InChI=1S/C12H5NO3/c14-11-7-8(12(15)13-11)10-6-4-2-1-3-5(6)9(7)16-10/h1-4H,(H,13,14,15). The third-order valence-corrected chi connectivity index (χ3v) is 3.01. The Kier molecular flexibility index (Phi) is 1.10. The number of benzene rings is 2. The monoisotopic (exact) mass is 211 g/mol. The Balaban J connectivity index is 2.32. The lowest BCUT2D eigenvalue weighted by atomic mass is 10.0. The van der Waals surface area contributed by atoms with Crippen molar-refractivity contribution in [1.82, 2.24) is 5.32 Å². The highest BCUT2D eigenvalue weighted by atomic mass is 16.3. The second-order valence-electron chi connectivity index (χ2n) is 3.84. The fraction of sp³-hybridized carbons (Fsp3) is 0. The molecule has 2 bridgehead atoms. The second-order valence-corrected chi connectivity index (χ2v) is 3.84. The third kappa shape index (κ3) is 0.661. The smallest absolute Gasteiger partial charge is 0.262 e. The number of amides is 2. The Bertz CT molecular complexity index is 707. The van der Waals surface area contributed by atoms with Crippen LogP contribution in [0.15, 0.2) is 28.7 Å². The maximum Gasteiger partial charge on any atom is 0.262 e. The summed E-state index contributed by atoms with van der Waals surface area (Å²) in [5.41, 5.74) is 1.81. The SMILES string of the molecule is O=C1NC(=O)c2c1c1oc2c2ccccc12. The number of imide groups is 1. The highest BCUT2D eigenvalue weighted by Crippen LogP contribution is 2.40. The Morgan fingerprint density at radius 2 is 1.38 bits per heavy atom. The fourth-order valence-electron chi connectivity index (χ4n) is 2.35. The number of hydrogen-bond acceptors (Lipinski definition) is 3. The van der Waals surface area contributed by atoms with E-state index in [4.69, 9.17) is 4.42 Å². The first-order valence-electron chi connectivity index (χ1n) is 4.89. The van der Waals surface area contributed by atoms with Gasteiger partial charge in [-0.15, -0.1) is 0 Å². The summed E-state index contributed by atoms with van der Waals surface area (Å²) in [5.74, 6) is -0.723. The van der Waals surface area contributed by atoms with Gasteiger partial charge in [-0.1, -0.05) is 24.3 Å². The van der Waals surface area contributed by atoms with E-state index in [0.717, 1.165) is 10.8 Å². The van der Waals surface area contributed by atoms with Crippen LogP contribution in [0.5, 0.6) is 0 Å². The summed E-state index contributed by atoms with van der Waals surface area (Å²) in [5, 5.41) is 4.06. The van der Waals surface area contributed by atoms with Crippen LogP contribution in [0.2, 0.25) is 0 Å². The maximum atomic E-state index is 11.6. The summed E-state index contributed by atoms with van der Waals surface area (Å²) in [4.78, 5) is 23.1. The van der Waals surface area contributed by atoms with Crippen molar-refractivity contribution in [1.29, 1.82) is 0 Å². The summed E-state index contributed by atoms with van der Waals surface area (Å²) in [6, 6.07) is 7.53. The van der Waals surface area contributed by atoms with Gasteiger partial charge in [-0.25, -0.2) is 0 Å². The molecule has 16 heavy (non-hydrogen) atoms. The topological polar surface area (TPSA) is 59.3 Å². The minimum absolute atomic E-state index is 0.362. The van der Waals surface area contributed by atoms with Crippen LogP contribution in [0.4, 0.5) is 0 Å². The number of rotatable bonds is 0. The molecule has 1 aliphatic rings. The molecular formula is C12H5NO3. The Morgan fingerprint density at radius 1 is 0.875 bits per heavy atom. The zero-order chi connectivity index (χ0) is 10.9. The first-order chi connectivity index (χ1) is 7.77. The van der Waals surface area contributed by atoms with Gasteiger partial charge < -0.3 is 4.42 Å². The van der Waals surface area contributed by atoms with Gasteiger partial charge in [0.25, 0.3) is 11.8 Å². The molecule has 1 aromatic carbocycles. The van der Waals surface area contributed by atoms with Gasteiger partial charge in [0.1, 0.15) is 11.2 Å². The Labute approximate surface area is 89.2 Å². The first kappa shape index (κ1) is 7.87. The van der Waals surface area contributed by atoms with Gasteiger partial charge >= 0.3 is 0 Å². The Hall–Kier alpha value is -2.36. The number of nitrogens with one attached hydrogen (secondary N) is 1. The summed E-state index contributed by atoms with van der Waals surface area (Å²) < 4.78 is 5.53. The lowest BCUT2D eigenvalue weighted by Crippen LogP contribution is -2.20. The van der Waals surface area contributed by atoms with Crippen LogP contribution in [0.1, 0.15) is 20.7 Å². The summed E-state index contributed by atoms with van der Waals surface area (Å²) in [6.45, 7) is 0. The van der Waals surface area contributed by atoms with Crippen LogP contribution >= 0.6 is 0 Å². The van der Waals surface area contributed by atoms with E-state index in [1.807, 2.05) is 24.3 Å². The Morgan fingerprint density at radius 3 is 1.88 bits per heavy atom. The van der Waals surface area contributed by atoms with Crippen molar-refractivity contribution < 1.29 is 14.0 Å². The molecule has 0 atom stereocenters. The second kappa shape index (κ2) is 2.24. The minimum atomic E-state index is -0.362. The van der Waals surface area contributed by atoms with Crippen LogP contribution in [0.3, 0.4) is 0 Å². The van der Waals surface area contributed by atoms with E-state index in [2.05, 4.69) is 5.32 Å². The lowest BCUT2D eigenvalue weighted by Gasteiger charge is -1.93. The van der Waals surface area contributed by atoms with E-state index in [1.165, 1.54) is 0 Å². The highest BCUT2D eigenvalue weighted by molar-refractivity contribution is 6.33. The number of carbonyl (C=O) groups excluding carboxylic acids is 2. The van der Waals surface area contributed by atoms with Crippen LogP contribution < -0.4 is 5.32 Å². The van der Waals surface area contributed by atoms with Gasteiger partial charge in [0.15, 0.2) is 0 Å². The van der Waals surface area contributed by atoms with Gasteiger partial charge in [-0.3, -0.25) is 14.9 Å². The zero-order valence-electron chi connectivity index (χ0n) is 8.03. The molecular weight excluding hydrogens is 206 g/mol. The predicted octanol–water partition coefficient (Wildman–Crippen LogP) is 1.91. The molecule has 4 heteroatoms. The fourth-order valence-corrected chi connectivity index (χ4v) is 2.35. The average Bonchev–Trinajstić information content (AvgIpc) is 2.91. The molecule has 0 aliphatic carbocycles. The lowest BCUT2D eigenvalue weighted by molar-refractivity contribution is 0.0879. The normalized spacial score (nSPS) is 15.0. The van der Waals surface area contributed by atoms with Gasteiger partial charge in [0.2, 0.25) is 0 Å². The zero-order valence-corrected chi connectivity index (χ0v) is 8.03. The van der Waals surface area contributed by atoms with Crippen LogP contribution in [0.25, 0.3) is 21.9 Å². The van der Waals surface area contributed by atoms with Crippen molar-refractivity contribution >= 4 is 33.8 Å². The molecule has 2 amide bonds. The van der Waals surface area contributed by atoms with Crippen molar-refractivity contribution in [2.75, 3.05) is 0 Å². The molecule has 0 saturated carbocycles. The summed E-state index contributed by atoms with van der Waals surface area (Å²) >= 11 is 0. The average molecular weight is 211 g/mol. The molecule has 0 spiro atoms.